The number of aryl methyl sites for hydroxylation is 1. The predicted molar refractivity (Wildman–Crippen MR) is 156 cm³/mol. The van der Waals surface area contributed by atoms with E-state index in [1.165, 1.54) is 29.7 Å². The van der Waals surface area contributed by atoms with E-state index in [-0.39, 0.29) is 36.4 Å². The maximum absolute atomic E-state index is 13.7. The Hall–Kier alpha value is -2.52. The lowest BCUT2D eigenvalue weighted by Crippen LogP contribution is -2.26. The molecule has 0 amide bonds. The Morgan fingerprint density at radius 2 is 1.76 bits per heavy atom. The van der Waals surface area contributed by atoms with Crippen LogP contribution < -0.4 is 16.2 Å². The minimum atomic E-state index is -0.00488. The molecule has 0 bridgehead atoms. The number of aromatic nitrogens is 4. The summed E-state index contributed by atoms with van der Waals surface area (Å²) >= 11 is 1.49. The van der Waals surface area contributed by atoms with Gasteiger partial charge >= 0.3 is 0 Å². The number of pyridine rings is 1. The van der Waals surface area contributed by atoms with E-state index < -0.39 is 0 Å². The molecular formula is C27H32Cl2N6OS. The van der Waals surface area contributed by atoms with Gasteiger partial charge < -0.3 is 10.6 Å². The van der Waals surface area contributed by atoms with E-state index >= 15 is 0 Å². The van der Waals surface area contributed by atoms with Crippen LogP contribution in [0.2, 0.25) is 0 Å². The van der Waals surface area contributed by atoms with Gasteiger partial charge in [-0.2, -0.15) is 4.98 Å². The number of nitrogens with zero attached hydrogens (tertiary/aromatic N) is 4. The Morgan fingerprint density at radius 3 is 2.43 bits per heavy atom. The Balaban J connectivity index is 0.00000160. The van der Waals surface area contributed by atoms with Gasteiger partial charge in [0.2, 0.25) is 5.95 Å². The van der Waals surface area contributed by atoms with Crippen molar-refractivity contribution in [3.8, 4) is 10.6 Å². The quantitative estimate of drug-likeness (QED) is 0.295. The maximum atomic E-state index is 13.7. The third kappa shape index (κ3) is 5.53. The van der Waals surface area contributed by atoms with Gasteiger partial charge in [-0.25, -0.2) is 9.97 Å². The van der Waals surface area contributed by atoms with Crippen molar-refractivity contribution in [2.24, 2.45) is 0 Å². The van der Waals surface area contributed by atoms with E-state index in [1.807, 2.05) is 22.9 Å². The molecular weight excluding hydrogens is 527 g/mol. The molecule has 1 aromatic carbocycles. The van der Waals surface area contributed by atoms with Gasteiger partial charge in [0.15, 0.2) is 0 Å². The van der Waals surface area contributed by atoms with Crippen LogP contribution in [-0.2, 0) is 0 Å². The predicted octanol–water partition coefficient (Wildman–Crippen LogP) is 6.39. The molecule has 1 saturated heterocycles. The summed E-state index contributed by atoms with van der Waals surface area (Å²) in [5, 5.41) is 10.4. The van der Waals surface area contributed by atoms with Crippen molar-refractivity contribution < 1.29 is 0 Å². The normalized spacial score (nSPS) is 16.4. The molecule has 10 heteroatoms. The number of piperidine rings is 1. The Labute approximate surface area is 233 Å². The van der Waals surface area contributed by atoms with Crippen LogP contribution in [0.1, 0.15) is 61.7 Å². The SMILES string of the molecule is Cc1nc(Nc2ccc(C3CCNCC3)cc2)nc2c1cc(-c1nccs1)c(=O)n2C1CCCC1.Cl.Cl. The fourth-order valence-electron chi connectivity index (χ4n) is 5.54. The zero-order chi connectivity index (χ0) is 23.8. The van der Waals surface area contributed by atoms with Crippen molar-refractivity contribution in [1.29, 1.82) is 0 Å². The molecule has 2 N–H and O–H groups in total. The van der Waals surface area contributed by atoms with Gasteiger partial charge in [0.25, 0.3) is 5.56 Å². The minimum absolute atomic E-state index is 0. The highest BCUT2D eigenvalue weighted by atomic mass is 35.5. The standard InChI is InChI=1S/C27H30N6OS.2ClH/c1-17-22-16-23(25-29-14-15-35-25)26(34)33(21-4-2-3-5-21)24(22)32-27(30-17)31-20-8-6-18(7-9-20)19-10-12-28-13-11-19;;/h6-9,14-16,19,21,28H,2-5,10-13H2,1H3,(H,30,31,32);2*1H. The molecule has 2 fully saturated rings. The third-order valence-electron chi connectivity index (χ3n) is 7.41. The van der Waals surface area contributed by atoms with Gasteiger partial charge in [0.1, 0.15) is 10.7 Å². The van der Waals surface area contributed by atoms with Gasteiger partial charge in [-0.05, 0) is 75.4 Å². The number of benzene rings is 1. The van der Waals surface area contributed by atoms with Crippen LogP contribution in [-0.4, -0.2) is 32.6 Å². The highest BCUT2D eigenvalue weighted by Crippen LogP contribution is 2.33. The minimum Gasteiger partial charge on any atom is -0.324 e. The molecule has 6 rings (SSSR count). The largest absolute Gasteiger partial charge is 0.324 e. The van der Waals surface area contributed by atoms with E-state index in [2.05, 4.69) is 39.9 Å². The van der Waals surface area contributed by atoms with Crippen LogP contribution in [0.15, 0.2) is 46.7 Å². The van der Waals surface area contributed by atoms with E-state index in [1.54, 1.807) is 6.20 Å². The molecule has 0 radical (unpaired) electrons. The van der Waals surface area contributed by atoms with E-state index in [9.17, 15) is 4.79 Å². The number of fused-ring (bicyclic) bond motifs is 1. The average molecular weight is 560 g/mol. The Bertz CT molecular complexity index is 1400. The molecule has 4 aromatic rings. The smallest absolute Gasteiger partial charge is 0.262 e. The van der Waals surface area contributed by atoms with E-state index in [0.717, 1.165) is 60.5 Å². The van der Waals surface area contributed by atoms with Crippen molar-refractivity contribution in [2.45, 2.75) is 57.4 Å². The van der Waals surface area contributed by atoms with Crippen LogP contribution in [0.4, 0.5) is 11.6 Å². The fraction of sp³-hybridized carbons (Fsp3) is 0.407. The first-order valence-electron chi connectivity index (χ1n) is 12.6. The molecule has 3 aromatic heterocycles. The number of rotatable bonds is 5. The third-order valence-corrected chi connectivity index (χ3v) is 8.22. The lowest BCUT2D eigenvalue weighted by atomic mass is 9.90. The van der Waals surface area contributed by atoms with Gasteiger partial charge in [-0.1, -0.05) is 25.0 Å². The van der Waals surface area contributed by atoms with Gasteiger partial charge in [0, 0.05) is 28.7 Å². The summed E-state index contributed by atoms with van der Waals surface area (Å²) in [6.07, 6.45) is 8.39. The molecule has 1 saturated carbocycles. The molecule has 0 unspecified atom stereocenters. The molecule has 0 atom stereocenters. The van der Waals surface area contributed by atoms with E-state index in [0.29, 0.717) is 23.1 Å². The first kappa shape index (κ1) is 27.5. The maximum Gasteiger partial charge on any atom is 0.262 e. The lowest BCUT2D eigenvalue weighted by molar-refractivity contribution is 0.460. The number of halogens is 2. The second-order valence-corrected chi connectivity index (χ2v) is 10.5. The summed E-state index contributed by atoms with van der Waals surface area (Å²) in [4.78, 5) is 27.7. The van der Waals surface area contributed by atoms with Gasteiger partial charge in [-0.15, -0.1) is 36.2 Å². The highest BCUT2D eigenvalue weighted by molar-refractivity contribution is 7.13. The van der Waals surface area contributed by atoms with Crippen LogP contribution >= 0.6 is 36.2 Å². The van der Waals surface area contributed by atoms with Crippen molar-refractivity contribution in [1.82, 2.24) is 24.8 Å². The lowest BCUT2D eigenvalue weighted by Gasteiger charge is -2.23. The topological polar surface area (TPSA) is 84.7 Å². The van der Waals surface area contributed by atoms with Crippen LogP contribution in [0.25, 0.3) is 21.6 Å². The number of anilines is 2. The highest BCUT2D eigenvalue weighted by Gasteiger charge is 2.24. The first-order chi connectivity index (χ1) is 17.2. The number of hydrogen-bond acceptors (Lipinski definition) is 7. The molecule has 4 heterocycles. The van der Waals surface area contributed by atoms with E-state index in [4.69, 9.17) is 9.97 Å². The summed E-state index contributed by atoms with van der Waals surface area (Å²) in [6, 6.07) is 10.7. The fourth-order valence-corrected chi connectivity index (χ4v) is 6.19. The number of hydrogen-bond donors (Lipinski definition) is 2. The monoisotopic (exact) mass is 558 g/mol. The molecule has 2 aliphatic rings. The Morgan fingerprint density at radius 1 is 1.03 bits per heavy atom. The van der Waals surface area contributed by atoms with Crippen molar-refractivity contribution in [2.75, 3.05) is 18.4 Å². The molecule has 1 aliphatic carbocycles. The summed E-state index contributed by atoms with van der Waals surface area (Å²) in [5.74, 6) is 1.15. The van der Waals surface area contributed by atoms with Gasteiger partial charge in [-0.3, -0.25) is 9.36 Å². The zero-order valence-electron chi connectivity index (χ0n) is 20.8. The summed E-state index contributed by atoms with van der Waals surface area (Å²) in [6.45, 7) is 4.16. The Kier molecular flexibility index (Phi) is 8.85. The number of thiazole rings is 1. The molecule has 37 heavy (non-hydrogen) atoms. The molecule has 1 aliphatic heterocycles. The van der Waals surface area contributed by atoms with Crippen molar-refractivity contribution in [3.63, 3.8) is 0 Å². The molecule has 196 valence electrons. The second-order valence-electron chi connectivity index (χ2n) is 9.65. The van der Waals surface area contributed by atoms with Crippen molar-refractivity contribution >= 4 is 58.8 Å². The van der Waals surface area contributed by atoms with Crippen molar-refractivity contribution in [3.05, 3.63) is 63.5 Å². The van der Waals surface area contributed by atoms with Crippen LogP contribution in [0.3, 0.4) is 0 Å². The summed E-state index contributed by atoms with van der Waals surface area (Å²) in [7, 11) is 0. The first-order valence-corrected chi connectivity index (χ1v) is 13.5. The zero-order valence-corrected chi connectivity index (χ0v) is 23.2. The van der Waals surface area contributed by atoms with Gasteiger partial charge in [0.05, 0.1) is 11.3 Å². The molecule has 0 spiro atoms. The summed E-state index contributed by atoms with van der Waals surface area (Å²) < 4.78 is 1.92. The second kappa shape index (κ2) is 11.9. The average Bonchev–Trinajstić information content (AvgIpc) is 3.60. The van der Waals surface area contributed by atoms with Crippen LogP contribution in [0, 0.1) is 6.92 Å². The summed E-state index contributed by atoms with van der Waals surface area (Å²) in [5.41, 5.74) is 4.54. The van der Waals surface area contributed by atoms with Crippen LogP contribution in [0.5, 0.6) is 0 Å². The number of nitrogens with one attached hydrogen (secondary N) is 2. The molecule has 7 nitrogen and oxygen atoms in total.